The molecule has 1 atom stereocenters. The maximum absolute atomic E-state index is 12.5. The molecule has 7 heteroatoms. The maximum atomic E-state index is 12.5. The highest BCUT2D eigenvalue weighted by Gasteiger charge is 2.30. The molecule has 3 aromatic heterocycles. The third kappa shape index (κ3) is 3.36. The van der Waals surface area contributed by atoms with Gasteiger partial charge in [0.05, 0.1) is 12.8 Å². The van der Waals surface area contributed by atoms with E-state index in [1.807, 2.05) is 6.07 Å². The monoisotopic (exact) mass is 366 g/mol. The van der Waals surface area contributed by atoms with Gasteiger partial charge < -0.3 is 19.1 Å². The molecule has 0 saturated carbocycles. The summed E-state index contributed by atoms with van der Waals surface area (Å²) in [6.07, 6.45) is 2.32. The molecule has 0 saturated heterocycles. The van der Waals surface area contributed by atoms with Crippen LogP contribution in [0.3, 0.4) is 0 Å². The Morgan fingerprint density at radius 3 is 2.81 bits per heavy atom. The van der Waals surface area contributed by atoms with E-state index in [9.17, 15) is 14.4 Å². The van der Waals surface area contributed by atoms with Crippen molar-refractivity contribution in [3.05, 3.63) is 81.1 Å². The number of carbonyl (C=O) groups is 2. The van der Waals surface area contributed by atoms with Gasteiger partial charge in [-0.3, -0.25) is 14.4 Å². The van der Waals surface area contributed by atoms with Crippen molar-refractivity contribution in [1.29, 1.82) is 0 Å². The van der Waals surface area contributed by atoms with Crippen LogP contribution < -0.4 is 10.9 Å². The Morgan fingerprint density at radius 2 is 2.11 bits per heavy atom. The first-order valence-electron chi connectivity index (χ1n) is 8.67. The van der Waals surface area contributed by atoms with Gasteiger partial charge in [-0.2, -0.15) is 0 Å². The van der Waals surface area contributed by atoms with Gasteiger partial charge in [-0.25, -0.2) is 0 Å². The Labute approximate surface area is 154 Å². The number of amides is 1. The summed E-state index contributed by atoms with van der Waals surface area (Å²) >= 11 is 0. The molecule has 1 aliphatic carbocycles. The van der Waals surface area contributed by atoms with Gasteiger partial charge in [0.15, 0.2) is 5.78 Å². The zero-order valence-corrected chi connectivity index (χ0v) is 14.7. The zero-order valence-electron chi connectivity index (χ0n) is 14.7. The van der Waals surface area contributed by atoms with E-state index in [1.165, 1.54) is 6.07 Å². The average Bonchev–Trinajstić information content (AvgIpc) is 3.30. The number of Topliss-reactive ketones (excluding diaryl/α,β-unsaturated/α-hetero) is 1. The predicted octanol–water partition coefficient (Wildman–Crippen LogP) is 2.71. The number of carbonyl (C=O) groups excluding carboxylic acids is 2. The molecule has 0 radical (unpaired) electrons. The molecule has 0 fully saturated rings. The fourth-order valence-corrected chi connectivity index (χ4v) is 3.37. The summed E-state index contributed by atoms with van der Waals surface area (Å²) in [7, 11) is 0. The van der Waals surface area contributed by atoms with Crippen LogP contribution in [0.25, 0.3) is 0 Å². The van der Waals surface area contributed by atoms with E-state index in [2.05, 4.69) is 10.3 Å². The largest absolute Gasteiger partial charge is 0.469 e. The summed E-state index contributed by atoms with van der Waals surface area (Å²) in [5.74, 6) is 1.26. The van der Waals surface area contributed by atoms with E-state index < -0.39 is 11.5 Å². The molecule has 1 aliphatic rings. The van der Waals surface area contributed by atoms with Crippen LogP contribution in [0.2, 0.25) is 0 Å². The number of hydrogen-bond donors (Lipinski definition) is 2. The van der Waals surface area contributed by atoms with Crippen LogP contribution in [0.5, 0.6) is 0 Å². The minimum Gasteiger partial charge on any atom is -0.469 e. The van der Waals surface area contributed by atoms with E-state index in [4.69, 9.17) is 8.83 Å². The lowest BCUT2D eigenvalue weighted by atomic mass is 9.84. The quantitative estimate of drug-likeness (QED) is 0.739. The van der Waals surface area contributed by atoms with Crippen LogP contribution in [-0.2, 0) is 13.0 Å². The zero-order chi connectivity index (χ0) is 19.0. The van der Waals surface area contributed by atoms with Crippen LogP contribution >= 0.6 is 0 Å². The lowest BCUT2D eigenvalue weighted by Crippen LogP contribution is -2.32. The van der Waals surface area contributed by atoms with Crippen molar-refractivity contribution in [2.75, 3.05) is 0 Å². The van der Waals surface area contributed by atoms with E-state index in [1.54, 1.807) is 31.4 Å². The fraction of sp³-hybridized carbons (Fsp3) is 0.250. The maximum Gasteiger partial charge on any atom is 0.261 e. The number of fused-ring (bicyclic) bond motifs is 1. The van der Waals surface area contributed by atoms with Gasteiger partial charge in [0.1, 0.15) is 22.8 Å². The summed E-state index contributed by atoms with van der Waals surface area (Å²) in [6.45, 7) is 1.97. The van der Waals surface area contributed by atoms with Gasteiger partial charge in [-0.05, 0) is 43.7 Å². The average molecular weight is 366 g/mol. The molecule has 27 heavy (non-hydrogen) atoms. The number of hydrogen-bond acceptors (Lipinski definition) is 5. The molecule has 3 heterocycles. The summed E-state index contributed by atoms with van der Waals surface area (Å²) in [6, 6.07) is 8.52. The molecule has 0 aliphatic heterocycles. The molecular formula is C20H18N2O5. The number of H-pyrrole nitrogens is 1. The Morgan fingerprint density at radius 1 is 1.26 bits per heavy atom. The Bertz CT molecular complexity index is 1060. The third-order valence-corrected chi connectivity index (χ3v) is 4.71. The van der Waals surface area contributed by atoms with Crippen molar-refractivity contribution >= 4 is 11.7 Å². The van der Waals surface area contributed by atoms with Gasteiger partial charge in [-0.15, -0.1) is 0 Å². The number of rotatable bonds is 4. The summed E-state index contributed by atoms with van der Waals surface area (Å²) in [5, 5.41) is 2.64. The molecule has 1 amide bonds. The second-order valence-electron chi connectivity index (χ2n) is 6.64. The number of furan rings is 2. The number of aromatic nitrogens is 1. The number of aryl methyl sites for hydroxylation is 1. The molecule has 7 nitrogen and oxygen atoms in total. The van der Waals surface area contributed by atoms with Gasteiger partial charge in [0.2, 0.25) is 0 Å². The summed E-state index contributed by atoms with van der Waals surface area (Å²) in [5.41, 5.74) is 0.323. The van der Waals surface area contributed by atoms with Crippen molar-refractivity contribution in [2.45, 2.75) is 32.2 Å². The molecule has 0 spiro atoms. The van der Waals surface area contributed by atoms with Crippen LogP contribution in [0.1, 0.15) is 56.0 Å². The number of pyridine rings is 1. The SMILES string of the molecule is Cc1ccc(CNC(=O)c2cc3c([nH]c2=O)CC(c2ccco2)CC3=O)o1. The van der Waals surface area contributed by atoms with Crippen molar-refractivity contribution < 1.29 is 18.4 Å². The first-order valence-corrected chi connectivity index (χ1v) is 8.67. The topological polar surface area (TPSA) is 105 Å². The standard InChI is InChI=1S/C20H18N2O5/c1-11-4-5-13(27-11)10-21-19(24)15-9-14-16(22-20(15)25)7-12(8-17(14)23)18-3-2-6-26-18/h2-6,9,12H,7-8,10H2,1H3,(H,21,24)(H,22,25). The predicted molar refractivity (Wildman–Crippen MR) is 95.8 cm³/mol. The van der Waals surface area contributed by atoms with Crippen molar-refractivity contribution in [3.63, 3.8) is 0 Å². The fourth-order valence-electron chi connectivity index (χ4n) is 3.37. The Balaban J connectivity index is 1.56. The highest BCUT2D eigenvalue weighted by Crippen LogP contribution is 2.31. The van der Waals surface area contributed by atoms with Crippen molar-refractivity contribution in [1.82, 2.24) is 10.3 Å². The van der Waals surface area contributed by atoms with E-state index in [0.29, 0.717) is 29.2 Å². The Hall–Kier alpha value is -3.35. The minimum absolute atomic E-state index is 0.0816. The first kappa shape index (κ1) is 17.1. The normalized spacial score (nSPS) is 16.2. The van der Waals surface area contributed by atoms with Gasteiger partial charge in [0, 0.05) is 23.6 Å². The highest BCUT2D eigenvalue weighted by atomic mass is 16.3. The third-order valence-electron chi connectivity index (χ3n) is 4.71. The molecule has 2 N–H and O–H groups in total. The molecule has 3 aromatic rings. The van der Waals surface area contributed by atoms with Crippen molar-refractivity contribution in [2.24, 2.45) is 0 Å². The van der Waals surface area contributed by atoms with Crippen molar-refractivity contribution in [3.8, 4) is 0 Å². The van der Waals surface area contributed by atoms with E-state index in [0.717, 1.165) is 5.76 Å². The molecule has 4 rings (SSSR count). The van der Waals surface area contributed by atoms with Gasteiger partial charge in [0.25, 0.3) is 11.5 Å². The smallest absolute Gasteiger partial charge is 0.261 e. The molecule has 1 unspecified atom stereocenters. The van der Waals surface area contributed by atoms with E-state index in [-0.39, 0.29) is 30.2 Å². The van der Waals surface area contributed by atoms with Crippen LogP contribution in [0.15, 0.2) is 50.2 Å². The second kappa shape index (κ2) is 6.75. The number of aromatic amines is 1. The molecule has 138 valence electrons. The molecule has 0 aromatic carbocycles. The second-order valence-corrected chi connectivity index (χ2v) is 6.64. The highest BCUT2D eigenvalue weighted by molar-refractivity contribution is 6.02. The molecule has 0 bridgehead atoms. The van der Waals surface area contributed by atoms with Gasteiger partial charge in [-0.1, -0.05) is 0 Å². The van der Waals surface area contributed by atoms with Gasteiger partial charge >= 0.3 is 0 Å². The number of ketones is 1. The van der Waals surface area contributed by atoms with E-state index >= 15 is 0 Å². The number of nitrogens with one attached hydrogen (secondary N) is 2. The minimum atomic E-state index is -0.547. The van der Waals surface area contributed by atoms with Crippen LogP contribution in [0, 0.1) is 6.92 Å². The Kier molecular flexibility index (Phi) is 4.27. The lowest BCUT2D eigenvalue weighted by molar-refractivity contribution is 0.0946. The molecular weight excluding hydrogens is 348 g/mol. The van der Waals surface area contributed by atoms with Crippen LogP contribution in [-0.4, -0.2) is 16.7 Å². The summed E-state index contributed by atoms with van der Waals surface area (Å²) < 4.78 is 10.8. The first-order chi connectivity index (χ1) is 13.0. The summed E-state index contributed by atoms with van der Waals surface area (Å²) in [4.78, 5) is 40.0. The van der Waals surface area contributed by atoms with Crippen LogP contribution in [0.4, 0.5) is 0 Å². The lowest BCUT2D eigenvalue weighted by Gasteiger charge is -2.22.